The minimum absolute atomic E-state index is 0. The number of hydrogen-bond donors (Lipinski definition) is 1. The van der Waals surface area contributed by atoms with Gasteiger partial charge in [0.25, 0.3) is 5.92 Å². The van der Waals surface area contributed by atoms with E-state index in [4.69, 9.17) is 52.1 Å². The second-order valence-electron chi connectivity index (χ2n) is 45.4. The smallest absolute Gasteiger partial charge is 0.347 e. The van der Waals surface area contributed by atoms with Gasteiger partial charge in [0.05, 0.1) is 56.0 Å². The second-order valence-corrected chi connectivity index (χ2v) is 45.4. The van der Waals surface area contributed by atoms with Crippen LogP contribution in [0.2, 0.25) is 0 Å². The van der Waals surface area contributed by atoms with Crippen LogP contribution in [0.1, 0.15) is 450 Å². The van der Waals surface area contributed by atoms with E-state index in [9.17, 15) is 76.2 Å². The third-order valence-corrected chi connectivity index (χ3v) is 32.4. The fraction of sp³-hybridized carbons (Fsp3) is 0.887. The van der Waals surface area contributed by atoms with Crippen LogP contribution < -0.4 is 0 Å². The first-order chi connectivity index (χ1) is 60.3. The fourth-order valence-corrected chi connectivity index (χ4v) is 21.9. The number of rotatable bonds is 34. The number of ether oxygens (including phenoxy) is 13. The van der Waals surface area contributed by atoms with Crippen LogP contribution in [-0.2, 0) is 124 Å². The molecule has 8 unspecified atom stereocenters. The summed E-state index contributed by atoms with van der Waals surface area (Å²) in [7, 11) is 0. The second kappa shape index (κ2) is 60.1. The lowest BCUT2D eigenvalue weighted by molar-refractivity contribution is -0.231. The SMILES string of the molecule is C.C.C.C.C.C.C.C.C.C.C.C.C.C.CCC(C)(C)C(=O)OC1(C(C)C)C2CC3CC(C2)CC1C3.CCC(C)(C)C(=O)OC12CC3CC(CC(O)(C3)C1)C2.CCC(C)(C)C(=O)OC1CCOC1=O.CCC(C)(C)C(=O)OCC(=O)OC1(C)C2CC3CC(C2)CC1C3.CCC(C)(C)C(=O)OCC(=O)OC1C2CC3C(=O)OC1C3C2.CCC(C)(C)C(=O)OCCOC(=O)CC(F)(F)CC(=O)OCCOC(=O)C(C)(C)CC. The zero-order chi connectivity index (χ0) is 97.3. The zero-order valence-corrected chi connectivity index (χ0v) is 82.9. The maximum absolute atomic E-state index is 13.8. The van der Waals surface area contributed by atoms with Crippen LogP contribution >= 0.6 is 0 Å². The summed E-state index contributed by atoms with van der Waals surface area (Å²) in [4.78, 5) is 154. The van der Waals surface area contributed by atoms with Gasteiger partial charge in [0.2, 0.25) is 6.10 Å². The molecule has 14 bridgehead atoms. The van der Waals surface area contributed by atoms with Crippen molar-refractivity contribution in [2.45, 2.75) is 497 Å². The largest absolute Gasteiger partial charge is 0.463 e. The van der Waals surface area contributed by atoms with Crippen molar-refractivity contribution in [3.05, 3.63) is 0 Å². The van der Waals surface area contributed by atoms with Crippen molar-refractivity contribution in [3.8, 4) is 0 Å². The highest BCUT2D eigenvalue weighted by Gasteiger charge is 2.66. The molecule has 0 aromatic rings. The van der Waals surface area contributed by atoms with Crippen LogP contribution in [0.5, 0.6) is 0 Å². The summed E-state index contributed by atoms with van der Waals surface area (Å²) in [6.07, 6.45) is 21.3. The number of aliphatic hydroxyl groups is 1. The molecular weight excluding hydrogens is 1850 g/mol. The summed E-state index contributed by atoms with van der Waals surface area (Å²) in [5.74, 6) is -2.12. The normalized spacial score (nSPS) is 28.2. The maximum atomic E-state index is 13.8. The molecule has 2 heterocycles. The molecule has 14 saturated carbocycles. The number of halogens is 2. The van der Waals surface area contributed by atoms with Crippen LogP contribution in [0.15, 0.2) is 0 Å². The number of fused-ring (bicyclic) bond motifs is 1. The number of alkyl halides is 2. The van der Waals surface area contributed by atoms with Crippen molar-refractivity contribution >= 4 is 77.6 Å². The summed E-state index contributed by atoms with van der Waals surface area (Å²) >= 11 is 0. The summed E-state index contributed by atoms with van der Waals surface area (Å²) < 4.78 is 95.7. The Hall–Kier alpha value is -7.07. The molecule has 29 heteroatoms. The van der Waals surface area contributed by atoms with E-state index in [0.717, 1.165) is 75.0 Å². The molecule has 144 heavy (non-hydrogen) atoms. The molecular formula is C115H216F2O27. The topological polar surface area (TPSA) is 362 Å². The molecule has 27 nitrogen and oxygen atoms in total. The number of carbonyl (C=O) groups is 13. The Labute approximate surface area is 874 Å². The highest BCUT2D eigenvalue weighted by Crippen LogP contribution is 2.64. The first-order valence-electron chi connectivity index (χ1n) is 48.8. The standard InChI is InChI=1S/C21H34F2O8.C19H30O4.C19H32O2.C16H22O6.C16H26O3.C10H16O4.14CH4/c1-7-19(3,4)17(26)30-11-9-28-15(24)13-21(22,23)14-16(25)29-10-12-31-18(27)20(5,6)8-2;1-5-18(2,3)17(21)22-11-16(20)23-19(4)14-7-12-6-13(9-14)10-15(19)8-12;1-6-18(4,5)17(20)21-19(12(2)3)15-8-13-7-14(10-15)11-16(19)9-13;1-4-16(2,3)15(19)20-7-11(17)21-12-8-5-9-10(6-8)14(18)22-13(9)12;1-4-14(2,3)13(17)19-16-8-11-5-12(9-16)7-15(18,6-11)10-16;1-4-10(2,3)9(12)14-7-5-6-13-8(7)11;;;;;;;;;;;;;;/h7-14H2,1-6H3;12-15H,5-11H2,1-4H3;12-16H,6-11H2,1-5H3;8-10,12-13H,4-7H2,1-3H3;11-12,18H,4-10H2,1-3H3;7H,4-6H2,1-3H3;14*1H4. The number of hydrogen-bond acceptors (Lipinski definition) is 27. The Bertz CT molecular complexity index is 3860. The van der Waals surface area contributed by atoms with E-state index < -0.39 is 105 Å². The van der Waals surface area contributed by atoms with Crippen LogP contribution in [0, 0.1) is 121 Å². The highest BCUT2D eigenvalue weighted by molar-refractivity contribution is 5.84. The van der Waals surface area contributed by atoms with Gasteiger partial charge >= 0.3 is 77.6 Å². The summed E-state index contributed by atoms with van der Waals surface area (Å²) in [6.45, 7) is 44.1. The summed E-state index contributed by atoms with van der Waals surface area (Å²) in [5.41, 5.74) is -5.26. The fourth-order valence-electron chi connectivity index (χ4n) is 21.9. The van der Waals surface area contributed by atoms with Crippen LogP contribution in [0.3, 0.4) is 0 Å². The van der Waals surface area contributed by atoms with E-state index >= 15 is 0 Å². The van der Waals surface area contributed by atoms with Gasteiger partial charge in [-0.2, -0.15) is 0 Å². The molecule has 0 amide bonds. The van der Waals surface area contributed by atoms with Gasteiger partial charge in [0, 0.05) is 24.7 Å². The van der Waals surface area contributed by atoms with E-state index in [1.807, 2.05) is 83.1 Å². The van der Waals surface area contributed by atoms with Gasteiger partial charge in [-0.25, -0.2) is 23.2 Å². The van der Waals surface area contributed by atoms with Gasteiger partial charge < -0.3 is 66.7 Å². The van der Waals surface area contributed by atoms with E-state index in [0.29, 0.717) is 93.0 Å². The van der Waals surface area contributed by atoms with Crippen molar-refractivity contribution in [2.75, 3.05) is 46.2 Å². The van der Waals surface area contributed by atoms with Crippen molar-refractivity contribution in [1.82, 2.24) is 0 Å². The molecule has 0 aromatic heterocycles. The van der Waals surface area contributed by atoms with E-state index in [2.05, 4.69) is 37.2 Å². The summed E-state index contributed by atoms with van der Waals surface area (Å²) in [6, 6.07) is 0. The Morgan fingerprint density at radius 1 is 0.382 bits per heavy atom. The number of cyclic esters (lactones) is 1. The Kier molecular flexibility index (Phi) is 62.5. The van der Waals surface area contributed by atoms with Crippen molar-refractivity contribution in [2.24, 2.45) is 121 Å². The Morgan fingerprint density at radius 3 is 1.07 bits per heavy atom. The van der Waals surface area contributed by atoms with E-state index in [1.165, 1.54) is 70.6 Å². The zero-order valence-electron chi connectivity index (χ0n) is 82.9. The van der Waals surface area contributed by atoms with Gasteiger partial charge in [-0.3, -0.25) is 47.9 Å². The number of esters is 13. The predicted octanol–water partition coefficient (Wildman–Crippen LogP) is 26.7. The Balaban J connectivity index is -0.000000310. The molecule has 16 fully saturated rings. The van der Waals surface area contributed by atoms with Gasteiger partial charge in [-0.1, -0.05) is 166 Å². The minimum Gasteiger partial charge on any atom is -0.463 e. The summed E-state index contributed by atoms with van der Waals surface area (Å²) in [5, 5.41) is 10.6. The predicted molar refractivity (Wildman–Crippen MR) is 568 cm³/mol. The van der Waals surface area contributed by atoms with Gasteiger partial charge in [-0.05, 0) is 323 Å². The van der Waals surface area contributed by atoms with Crippen LogP contribution in [0.25, 0.3) is 0 Å². The maximum Gasteiger partial charge on any atom is 0.347 e. The van der Waals surface area contributed by atoms with Crippen LogP contribution in [-0.4, -0.2) is 176 Å². The van der Waals surface area contributed by atoms with Gasteiger partial charge in [0.1, 0.15) is 68.3 Å². The third kappa shape index (κ3) is 37.2. The highest BCUT2D eigenvalue weighted by atomic mass is 19.3. The van der Waals surface area contributed by atoms with Crippen molar-refractivity contribution in [3.63, 3.8) is 0 Å². The minimum atomic E-state index is -3.67. The van der Waals surface area contributed by atoms with Crippen molar-refractivity contribution < 1.29 is 138 Å². The monoisotopic (exact) mass is 2070 g/mol. The Morgan fingerprint density at radius 2 is 0.715 bits per heavy atom. The molecule has 14 aliphatic carbocycles. The van der Waals surface area contributed by atoms with E-state index in [1.54, 1.807) is 55.4 Å². The molecule has 852 valence electrons. The molecule has 0 aromatic carbocycles. The molecule has 2 aliphatic heterocycles. The third-order valence-electron chi connectivity index (χ3n) is 32.4. The lowest BCUT2D eigenvalue weighted by Gasteiger charge is -2.62. The molecule has 0 radical (unpaired) electrons. The van der Waals surface area contributed by atoms with Crippen molar-refractivity contribution in [1.29, 1.82) is 0 Å². The molecule has 8 atom stereocenters. The molecule has 16 aliphatic rings. The average Bonchev–Trinajstić information content (AvgIpc) is 1.16. The molecule has 0 spiro atoms. The number of carbonyl (C=O) groups excluding carboxylic acids is 13. The molecule has 2 saturated heterocycles. The van der Waals surface area contributed by atoms with E-state index in [-0.39, 0.29) is 232 Å². The first kappa shape index (κ1) is 150. The van der Waals surface area contributed by atoms with Gasteiger partial charge in [0.15, 0.2) is 13.2 Å². The average molecular weight is 2070 g/mol. The first-order valence-corrected chi connectivity index (χ1v) is 48.8. The molecule has 16 rings (SSSR count). The quantitative estimate of drug-likeness (QED) is 0.0355. The molecule has 1 N–H and O–H groups in total. The van der Waals surface area contributed by atoms with Crippen LogP contribution in [0.4, 0.5) is 8.78 Å². The van der Waals surface area contributed by atoms with Gasteiger partial charge in [-0.15, -0.1) is 0 Å². The lowest BCUT2D eigenvalue weighted by atomic mass is 9.47. The lowest BCUT2D eigenvalue weighted by Crippen LogP contribution is -2.63.